The first-order valence-electron chi connectivity index (χ1n) is 5.80. The van der Waals surface area contributed by atoms with Crippen molar-refractivity contribution in [1.82, 2.24) is 15.0 Å². The lowest BCUT2D eigenvalue weighted by Crippen LogP contribution is -2.02. The molecule has 0 bridgehead atoms. The highest BCUT2D eigenvalue weighted by Crippen LogP contribution is 2.16. The van der Waals surface area contributed by atoms with Gasteiger partial charge in [-0.1, -0.05) is 0 Å². The molecular weight excluding hydrogens is 269 g/mol. The molecule has 3 rings (SSSR count). The number of aromatic amines is 1. The number of rotatable bonds is 3. The summed E-state index contributed by atoms with van der Waals surface area (Å²) >= 11 is 0. The normalized spacial score (nSPS) is 10.9. The Labute approximate surface area is 111 Å². The zero-order chi connectivity index (χ0) is 14.1. The number of hydrogen-bond donors (Lipinski definition) is 2. The van der Waals surface area contributed by atoms with Crippen LogP contribution < -0.4 is 5.32 Å². The lowest BCUT2D eigenvalue weighted by atomic mass is 10.2. The summed E-state index contributed by atoms with van der Waals surface area (Å²) < 4.78 is 38.9. The third-order valence-corrected chi connectivity index (χ3v) is 2.81. The van der Waals surface area contributed by atoms with Crippen LogP contribution in [-0.2, 0) is 6.54 Å². The van der Waals surface area contributed by atoms with Gasteiger partial charge in [0.2, 0.25) is 0 Å². The van der Waals surface area contributed by atoms with Crippen LogP contribution >= 0.6 is 0 Å². The number of hydrogen-bond acceptors (Lipinski definition) is 3. The van der Waals surface area contributed by atoms with E-state index in [0.717, 1.165) is 12.1 Å². The summed E-state index contributed by atoms with van der Waals surface area (Å²) in [7, 11) is 0. The average molecular weight is 278 g/mol. The molecule has 0 aliphatic carbocycles. The third-order valence-electron chi connectivity index (χ3n) is 2.81. The Bertz CT molecular complexity index is 746. The van der Waals surface area contributed by atoms with Gasteiger partial charge < -0.3 is 10.3 Å². The van der Waals surface area contributed by atoms with Crippen molar-refractivity contribution in [3.8, 4) is 0 Å². The molecule has 0 radical (unpaired) electrons. The fraction of sp³-hybridized carbons (Fsp3) is 0.0769. The summed E-state index contributed by atoms with van der Waals surface area (Å²) in [5.41, 5.74) is 2.26. The van der Waals surface area contributed by atoms with Crippen LogP contribution in [-0.4, -0.2) is 15.0 Å². The summed E-state index contributed by atoms with van der Waals surface area (Å²) in [5, 5.41) is 2.94. The highest BCUT2D eigenvalue weighted by Gasteiger charge is 2.10. The minimum atomic E-state index is -1.46. The number of nitrogens with one attached hydrogen (secondary N) is 2. The zero-order valence-electron chi connectivity index (χ0n) is 10.1. The Morgan fingerprint density at radius 1 is 1.05 bits per heavy atom. The minimum Gasteiger partial charge on any atom is -0.380 e. The molecule has 0 aliphatic heterocycles. The van der Waals surface area contributed by atoms with Crippen LogP contribution in [0.1, 0.15) is 5.56 Å². The van der Waals surface area contributed by atoms with Gasteiger partial charge in [0, 0.05) is 6.54 Å². The quantitative estimate of drug-likeness (QED) is 0.724. The lowest BCUT2D eigenvalue weighted by molar-refractivity contribution is 0.445. The van der Waals surface area contributed by atoms with E-state index in [4.69, 9.17) is 0 Å². The number of fused-ring (bicyclic) bond motifs is 1. The second-order valence-corrected chi connectivity index (χ2v) is 4.22. The first-order valence-corrected chi connectivity index (χ1v) is 5.80. The lowest BCUT2D eigenvalue weighted by Gasteiger charge is -2.07. The highest BCUT2D eigenvalue weighted by atomic mass is 19.2. The molecule has 1 aromatic carbocycles. The van der Waals surface area contributed by atoms with Crippen molar-refractivity contribution < 1.29 is 13.2 Å². The van der Waals surface area contributed by atoms with Crippen LogP contribution in [0.2, 0.25) is 0 Å². The maximum atomic E-state index is 13.1. The number of aromatic nitrogens is 3. The highest BCUT2D eigenvalue weighted by molar-refractivity contribution is 5.73. The molecule has 2 heterocycles. The number of pyridine rings is 1. The van der Waals surface area contributed by atoms with Crippen molar-refractivity contribution in [3.63, 3.8) is 0 Å². The summed E-state index contributed by atoms with van der Waals surface area (Å²) in [6, 6.07) is 3.65. The molecule has 0 amide bonds. The third kappa shape index (κ3) is 2.29. The van der Waals surface area contributed by atoms with E-state index >= 15 is 0 Å². The van der Waals surface area contributed by atoms with Crippen molar-refractivity contribution >= 4 is 16.9 Å². The van der Waals surface area contributed by atoms with Gasteiger partial charge in [0.1, 0.15) is 5.52 Å². The maximum absolute atomic E-state index is 13.1. The summed E-state index contributed by atoms with van der Waals surface area (Å²) in [6.07, 6.45) is 3.09. The van der Waals surface area contributed by atoms with E-state index in [1.165, 1.54) is 6.33 Å². The van der Waals surface area contributed by atoms with Gasteiger partial charge in [-0.3, -0.25) is 0 Å². The number of imidazole rings is 1. The van der Waals surface area contributed by atoms with Gasteiger partial charge in [0.15, 0.2) is 23.1 Å². The van der Waals surface area contributed by atoms with E-state index < -0.39 is 17.5 Å². The van der Waals surface area contributed by atoms with Gasteiger partial charge in [-0.15, -0.1) is 0 Å². The molecule has 20 heavy (non-hydrogen) atoms. The molecule has 0 fully saturated rings. The van der Waals surface area contributed by atoms with Gasteiger partial charge in [-0.2, -0.15) is 0 Å². The second-order valence-electron chi connectivity index (χ2n) is 4.22. The van der Waals surface area contributed by atoms with Crippen LogP contribution in [0.5, 0.6) is 0 Å². The first-order chi connectivity index (χ1) is 9.63. The summed E-state index contributed by atoms with van der Waals surface area (Å²) in [6.45, 7) is 0.145. The van der Waals surface area contributed by atoms with E-state index in [1.54, 1.807) is 12.3 Å². The summed E-state index contributed by atoms with van der Waals surface area (Å²) in [5.74, 6) is -3.88. The fourth-order valence-electron chi connectivity index (χ4n) is 1.84. The summed E-state index contributed by atoms with van der Waals surface area (Å²) in [4.78, 5) is 11.0. The van der Waals surface area contributed by atoms with Gasteiger partial charge in [-0.25, -0.2) is 23.1 Å². The molecule has 0 unspecified atom stereocenters. The van der Waals surface area contributed by atoms with E-state index in [0.29, 0.717) is 22.4 Å². The predicted octanol–water partition coefficient (Wildman–Crippen LogP) is 2.99. The Hall–Kier alpha value is -2.57. The molecule has 3 aromatic rings. The number of nitrogens with zero attached hydrogens (tertiary/aromatic N) is 2. The Kier molecular flexibility index (Phi) is 3.02. The SMILES string of the molecule is Fc1cc(CNc2cnc3[nH]cnc3c2)cc(F)c1F. The van der Waals surface area contributed by atoms with Gasteiger partial charge in [0.25, 0.3) is 0 Å². The Morgan fingerprint density at radius 2 is 1.80 bits per heavy atom. The van der Waals surface area contributed by atoms with E-state index in [1.807, 2.05) is 0 Å². The molecule has 7 heteroatoms. The van der Waals surface area contributed by atoms with Gasteiger partial charge in [0.05, 0.1) is 18.2 Å². The van der Waals surface area contributed by atoms with E-state index in [-0.39, 0.29) is 6.54 Å². The van der Waals surface area contributed by atoms with Crippen LogP contribution in [0.25, 0.3) is 11.2 Å². The molecule has 0 saturated heterocycles. The molecule has 0 saturated carbocycles. The van der Waals surface area contributed by atoms with Crippen LogP contribution in [0, 0.1) is 17.5 Å². The van der Waals surface area contributed by atoms with Crippen molar-refractivity contribution in [3.05, 3.63) is 53.7 Å². The number of benzene rings is 1. The van der Waals surface area contributed by atoms with Crippen LogP contribution in [0.15, 0.2) is 30.7 Å². The number of anilines is 1. The monoisotopic (exact) mass is 278 g/mol. The standard InChI is InChI=1S/C13H9F3N4/c14-9-1-7(2-10(15)12(9)16)4-17-8-3-11-13(18-5-8)20-6-19-11/h1-3,5-6,17H,4H2,(H,18,19,20). The minimum absolute atomic E-state index is 0.145. The molecule has 2 aromatic heterocycles. The van der Waals surface area contributed by atoms with Crippen molar-refractivity contribution in [1.29, 1.82) is 0 Å². The molecule has 0 aliphatic rings. The Morgan fingerprint density at radius 3 is 2.55 bits per heavy atom. The topological polar surface area (TPSA) is 53.6 Å². The first kappa shape index (κ1) is 12.5. The molecule has 4 nitrogen and oxygen atoms in total. The molecular formula is C13H9F3N4. The number of H-pyrrole nitrogens is 1. The van der Waals surface area contributed by atoms with Crippen LogP contribution in [0.3, 0.4) is 0 Å². The zero-order valence-corrected chi connectivity index (χ0v) is 10.1. The maximum Gasteiger partial charge on any atom is 0.194 e. The largest absolute Gasteiger partial charge is 0.380 e. The van der Waals surface area contributed by atoms with Crippen molar-refractivity contribution in [2.24, 2.45) is 0 Å². The molecule has 0 atom stereocenters. The Balaban J connectivity index is 1.78. The van der Waals surface area contributed by atoms with Crippen LogP contribution in [0.4, 0.5) is 18.9 Å². The van der Waals surface area contributed by atoms with E-state index in [9.17, 15) is 13.2 Å². The molecule has 2 N–H and O–H groups in total. The second kappa shape index (κ2) is 4.84. The smallest absolute Gasteiger partial charge is 0.194 e. The number of halogens is 3. The predicted molar refractivity (Wildman–Crippen MR) is 67.5 cm³/mol. The van der Waals surface area contributed by atoms with Gasteiger partial charge >= 0.3 is 0 Å². The molecule has 102 valence electrons. The van der Waals surface area contributed by atoms with E-state index in [2.05, 4.69) is 20.3 Å². The average Bonchev–Trinajstić information content (AvgIpc) is 2.89. The van der Waals surface area contributed by atoms with Crippen molar-refractivity contribution in [2.75, 3.05) is 5.32 Å². The fourth-order valence-corrected chi connectivity index (χ4v) is 1.84. The molecule has 0 spiro atoms. The van der Waals surface area contributed by atoms with Gasteiger partial charge in [-0.05, 0) is 23.8 Å². The van der Waals surface area contributed by atoms with Crippen molar-refractivity contribution in [2.45, 2.75) is 6.54 Å².